The van der Waals surface area contributed by atoms with Gasteiger partial charge in [-0.15, -0.1) is 0 Å². The Hall–Kier alpha value is -1.06. The Kier molecular flexibility index (Phi) is 5.44. The van der Waals surface area contributed by atoms with Crippen LogP contribution in [0.2, 0.25) is 0 Å². The molecule has 4 atom stereocenters. The molecule has 112 valence electrons. The van der Waals surface area contributed by atoms with Gasteiger partial charge in [-0.25, -0.2) is 0 Å². The van der Waals surface area contributed by atoms with E-state index in [1.807, 2.05) is 25.1 Å². The zero-order valence-corrected chi connectivity index (χ0v) is 12.8. The molecule has 0 bridgehead atoms. The minimum Gasteiger partial charge on any atom is -0.496 e. The molecule has 1 aliphatic rings. The highest BCUT2D eigenvalue weighted by atomic mass is 16.5. The Morgan fingerprint density at radius 3 is 2.55 bits per heavy atom. The fraction of sp³-hybridized carbons (Fsp3) is 0.647. The molecule has 1 aromatic rings. The first-order valence-electron chi connectivity index (χ1n) is 7.67. The third-order valence-corrected chi connectivity index (χ3v) is 4.28. The molecule has 0 aromatic heterocycles. The van der Waals surface area contributed by atoms with Gasteiger partial charge in [0.15, 0.2) is 0 Å². The topological polar surface area (TPSA) is 44.5 Å². The van der Waals surface area contributed by atoms with Crippen LogP contribution in [0.3, 0.4) is 0 Å². The predicted octanol–water partition coefficient (Wildman–Crippen LogP) is 3.68. The fourth-order valence-corrected chi connectivity index (χ4v) is 3.05. The smallest absolute Gasteiger partial charge is 0.124 e. The molecule has 3 nitrogen and oxygen atoms in total. The van der Waals surface area contributed by atoms with Crippen molar-refractivity contribution in [3.63, 3.8) is 0 Å². The van der Waals surface area contributed by atoms with Crippen LogP contribution in [0, 0.1) is 5.92 Å². The second-order valence-corrected chi connectivity index (χ2v) is 5.96. The molecule has 3 heteroatoms. The van der Waals surface area contributed by atoms with Crippen LogP contribution in [0.25, 0.3) is 0 Å². The maximum atomic E-state index is 6.39. The van der Waals surface area contributed by atoms with Crippen molar-refractivity contribution < 1.29 is 9.47 Å². The lowest BCUT2D eigenvalue weighted by atomic mass is 9.87. The molecule has 2 N–H and O–H groups in total. The summed E-state index contributed by atoms with van der Waals surface area (Å²) in [6, 6.07) is 7.96. The summed E-state index contributed by atoms with van der Waals surface area (Å²) in [5.41, 5.74) is 7.23. The second kappa shape index (κ2) is 7.09. The summed E-state index contributed by atoms with van der Waals surface area (Å²) in [6.07, 6.45) is 5.17. The molecule has 1 fully saturated rings. The minimum atomic E-state index is -0.100. The maximum Gasteiger partial charge on any atom is 0.124 e. The van der Waals surface area contributed by atoms with Crippen molar-refractivity contribution in [3.05, 3.63) is 29.8 Å². The summed E-state index contributed by atoms with van der Waals surface area (Å²) in [7, 11) is 1.69. The molecule has 0 aliphatic heterocycles. The quantitative estimate of drug-likeness (QED) is 0.893. The third kappa shape index (κ3) is 3.53. The molecule has 0 radical (unpaired) electrons. The number of methoxy groups -OCH3 is 1. The number of hydrogen-bond acceptors (Lipinski definition) is 3. The van der Waals surface area contributed by atoms with Crippen molar-refractivity contribution >= 4 is 0 Å². The number of benzene rings is 1. The SMILES string of the molecule is COc1ccccc1C(OC1CCCCC1C)C(C)N. The number of nitrogens with two attached hydrogens (primary N) is 1. The number of hydrogen-bond donors (Lipinski definition) is 1. The van der Waals surface area contributed by atoms with E-state index in [0.29, 0.717) is 12.0 Å². The van der Waals surface area contributed by atoms with E-state index in [1.54, 1.807) is 7.11 Å². The van der Waals surface area contributed by atoms with Gasteiger partial charge in [0.2, 0.25) is 0 Å². The van der Waals surface area contributed by atoms with E-state index in [0.717, 1.165) is 17.7 Å². The lowest BCUT2D eigenvalue weighted by Crippen LogP contribution is -2.34. The minimum absolute atomic E-state index is 0.0552. The van der Waals surface area contributed by atoms with Gasteiger partial charge in [-0.2, -0.15) is 0 Å². The summed E-state index contributed by atoms with van der Waals surface area (Å²) in [5, 5.41) is 0. The maximum absolute atomic E-state index is 6.39. The number of para-hydroxylation sites is 1. The Morgan fingerprint density at radius 1 is 1.20 bits per heavy atom. The molecule has 0 spiro atoms. The molecule has 1 saturated carbocycles. The van der Waals surface area contributed by atoms with Crippen LogP contribution < -0.4 is 10.5 Å². The molecule has 1 aliphatic carbocycles. The third-order valence-electron chi connectivity index (χ3n) is 4.28. The highest BCUT2D eigenvalue weighted by Crippen LogP contribution is 2.35. The van der Waals surface area contributed by atoms with Crippen LogP contribution >= 0.6 is 0 Å². The van der Waals surface area contributed by atoms with Crippen LogP contribution in [-0.4, -0.2) is 19.3 Å². The standard InChI is InChI=1S/C17H27NO2/c1-12-8-4-6-10-15(12)20-17(13(2)18)14-9-5-7-11-16(14)19-3/h5,7,9,11-13,15,17H,4,6,8,10,18H2,1-3H3. The summed E-state index contributed by atoms with van der Waals surface area (Å²) in [4.78, 5) is 0. The Morgan fingerprint density at radius 2 is 1.90 bits per heavy atom. The summed E-state index contributed by atoms with van der Waals surface area (Å²) >= 11 is 0. The molecule has 0 saturated heterocycles. The molecule has 20 heavy (non-hydrogen) atoms. The summed E-state index contributed by atoms with van der Waals surface area (Å²) in [5.74, 6) is 1.47. The van der Waals surface area contributed by atoms with Gasteiger partial charge in [0.1, 0.15) is 11.9 Å². The number of rotatable bonds is 5. The van der Waals surface area contributed by atoms with Crippen LogP contribution in [-0.2, 0) is 4.74 Å². The zero-order valence-electron chi connectivity index (χ0n) is 12.8. The van der Waals surface area contributed by atoms with E-state index >= 15 is 0 Å². The van der Waals surface area contributed by atoms with Crippen molar-refractivity contribution in [3.8, 4) is 5.75 Å². The first-order valence-corrected chi connectivity index (χ1v) is 7.67. The average Bonchev–Trinajstić information content (AvgIpc) is 2.46. The van der Waals surface area contributed by atoms with Gasteiger partial charge in [0.25, 0.3) is 0 Å². The molecular weight excluding hydrogens is 250 g/mol. The fourth-order valence-electron chi connectivity index (χ4n) is 3.05. The van der Waals surface area contributed by atoms with Crippen molar-refractivity contribution in [1.82, 2.24) is 0 Å². The van der Waals surface area contributed by atoms with E-state index < -0.39 is 0 Å². The van der Waals surface area contributed by atoms with Crippen LogP contribution in [0.1, 0.15) is 51.2 Å². The molecule has 0 amide bonds. The van der Waals surface area contributed by atoms with Gasteiger partial charge in [-0.1, -0.05) is 38.0 Å². The summed E-state index contributed by atoms with van der Waals surface area (Å²) in [6.45, 7) is 4.29. The van der Waals surface area contributed by atoms with E-state index in [1.165, 1.54) is 19.3 Å². The van der Waals surface area contributed by atoms with Crippen molar-refractivity contribution in [2.45, 2.75) is 57.8 Å². The van der Waals surface area contributed by atoms with Crippen molar-refractivity contribution in [1.29, 1.82) is 0 Å². The molecule has 4 unspecified atom stereocenters. The van der Waals surface area contributed by atoms with E-state index in [4.69, 9.17) is 15.2 Å². The number of ether oxygens (including phenoxy) is 2. The highest BCUT2D eigenvalue weighted by Gasteiger charge is 2.29. The van der Waals surface area contributed by atoms with Gasteiger partial charge in [0, 0.05) is 11.6 Å². The Bertz CT molecular complexity index is 419. The van der Waals surface area contributed by atoms with E-state index in [2.05, 4.69) is 13.0 Å². The molecular formula is C17H27NO2. The van der Waals surface area contributed by atoms with Gasteiger partial charge in [-0.3, -0.25) is 0 Å². The van der Waals surface area contributed by atoms with Gasteiger partial charge < -0.3 is 15.2 Å². The van der Waals surface area contributed by atoms with Crippen molar-refractivity contribution in [2.75, 3.05) is 7.11 Å². The normalized spacial score (nSPS) is 26.0. The predicted molar refractivity (Wildman–Crippen MR) is 81.9 cm³/mol. The first kappa shape index (κ1) is 15.3. The molecule has 0 heterocycles. The van der Waals surface area contributed by atoms with Crippen LogP contribution in [0.4, 0.5) is 0 Å². The second-order valence-electron chi connectivity index (χ2n) is 5.96. The Balaban J connectivity index is 2.18. The van der Waals surface area contributed by atoms with Gasteiger partial charge in [0.05, 0.1) is 13.2 Å². The summed E-state index contributed by atoms with van der Waals surface area (Å²) < 4.78 is 11.8. The Labute approximate surface area is 122 Å². The lowest BCUT2D eigenvalue weighted by molar-refractivity contribution is -0.0658. The molecule has 2 rings (SSSR count). The average molecular weight is 277 g/mol. The van der Waals surface area contributed by atoms with Crippen molar-refractivity contribution in [2.24, 2.45) is 11.7 Å². The van der Waals surface area contributed by atoms with Gasteiger partial charge in [-0.05, 0) is 31.7 Å². The zero-order chi connectivity index (χ0) is 14.5. The van der Waals surface area contributed by atoms with E-state index in [-0.39, 0.29) is 12.1 Å². The van der Waals surface area contributed by atoms with Gasteiger partial charge >= 0.3 is 0 Å². The largest absolute Gasteiger partial charge is 0.496 e. The molecule has 1 aromatic carbocycles. The highest BCUT2D eigenvalue weighted by molar-refractivity contribution is 5.35. The van der Waals surface area contributed by atoms with Crippen LogP contribution in [0.5, 0.6) is 5.75 Å². The first-order chi connectivity index (χ1) is 9.63. The monoisotopic (exact) mass is 277 g/mol. The lowest BCUT2D eigenvalue weighted by Gasteiger charge is -2.34. The van der Waals surface area contributed by atoms with E-state index in [9.17, 15) is 0 Å². The van der Waals surface area contributed by atoms with Crippen LogP contribution in [0.15, 0.2) is 24.3 Å².